The number of nitrogens with one attached hydrogen (secondary N) is 1. The third kappa shape index (κ3) is 3.27. The molecule has 2 fully saturated rings. The minimum atomic E-state index is 0.680. The van der Waals surface area contributed by atoms with Crippen LogP contribution in [-0.4, -0.2) is 47.1 Å². The van der Waals surface area contributed by atoms with E-state index in [0.29, 0.717) is 11.9 Å². The summed E-state index contributed by atoms with van der Waals surface area (Å²) in [5, 5.41) is 0. The highest BCUT2D eigenvalue weighted by molar-refractivity contribution is 5.49. The number of aryl methyl sites for hydroxylation is 1. The van der Waals surface area contributed by atoms with Gasteiger partial charge in [-0.1, -0.05) is 13.3 Å². The highest BCUT2D eigenvalue weighted by atomic mass is 15.3. The molecule has 6 nitrogen and oxygen atoms in total. The highest BCUT2D eigenvalue weighted by Gasteiger charge is 2.29. The van der Waals surface area contributed by atoms with Crippen molar-refractivity contribution in [2.75, 3.05) is 36.5 Å². The Morgan fingerprint density at radius 2 is 2.05 bits per heavy atom. The third-order valence-corrected chi connectivity index (χ3v) is 4.62. The van der Waals surface area contributed by atoms with Gasteiger partial charge in [0.2, 0.25) is 0 Å². The normalized spacial score (nSPS) is 23.5. The number of piperidine rings is 1. The Bertz CT molecular complexity index is 449. The van der Waals surface area contributed by atoms with E-state index in [2.05, 4.69) is 32.1 Å². The number of rotatable bonds is 4. The Labute approximate surface area is 126 Å². The number of anilines is 2. The standard InChI is InChI=1S/C15H26N6/c1-2-13-17-14(19-16)10-15(18-13)21-9-6-12(11-21)20-7-4-3-5-8-20/h10,12H,2-9,11,16H2,1H3,(H,17,18,19). The summed E-state index contributed by atoms with van der Waals surface area (Å²) in [6.45, 7) is 6.74. The number of likely N-dealkylation sites (tertiary alicyclic amines) is 1. The van der Waals surface area contributed by atoms with E-state index in [9.17, 15) is 0 Å². The summed E-state index contributed by atoms with van der Waals surface area (Å²) in [5.74, 6) is 8.08. The van der Waals surface area contributed by atoms with Gasteiger partial charge in [-0.15, -0.1) is 0 Å². The maximum atomic E-state index is 5.52. The van der Waals surface area contributed by atoms with E-state index in [1.165, 1.54) is 38.8 Å². The van der Waals surface area contributed by atoms with Gasteiger partial charge >= 0.3 is 0 Å². The lowest BCUT2D eigenvalue weighted by molar-refractivity contribution is 0.175. The van der Waals surface area contributed by atoms with Crippen molar-refractivity contribution in [3.8, 4) is 0 Å². The van der Waals surface area contributed by atoms with Gasteiger partial charge in [0.15, 0.2) is 0 Å². The van der Waals surface area contributed by atoms with Crippen molar-refractivity contribution >= 4 is 11.6 Å². The van der Waals surface area contributed by atoms with E-state index in [4.69, 9.17) is 5.84 Å². The summed E-state index contributed by atoms with van der Waals surface area (Å²) in [4.78, 5) is 14.1. The quantitative estimate of drug-likeness (QED) is 0.645. The molecule has 0 spiro atoms. The van der Waals surface area contributed by atoms with Crippen molar-refractivity contribution in [1.29, 1.82) is 0 Å². The average molecular weight is 290 g/mol. The molecular formula is C15H26N6. The maximum Gasteiger partial charge on any atom is 0.145 e. The van der Waals surface area contributed by atoms with Crippen LogP contribution in [0.4, 0.5) is 11.6 Å². The smallest absolute Gasteiger partial charge is 0.145 e. The van der Waals surface area contributed by atoms with Gasteiger partial charge in [-0.3, -0.25) is 4.90 Å². The zero-order valence-corrected chi connectivity index (χ0v) is 12.9. The van der Waals surface area contributed by atoms with Gasteiger partial charge in [0.05, 0.1) is 0 Å². The minimum Gasteiger partial charge on any atom is -0.355 e. The molecule has 0 radical (unpaired) electrons. The lowest BCUT2D eigenvalue weighted by atomic mass is 10.1. The van der Waals surface area contributed by atoms with Crippen molar-refractivity contribution in [3.05, 3.63) is 11.9 Å². The van der Waals surface area contributed by atoms with Crippen LogP contribution in [0.15, 0.2) is 6.07 Å². The van der Waals surface area contributed by atoms with E-state index >= 15 is 0 Å². The van der Waals surface area contributed by atoms with Crippen LogP contribution in [0.1, 0.15) is 38.4 Å². The molecule has 1 aromatic rings. The fourth-order valence-electron chi connectivity index (χ4n) is 3.41. The summed E-state index contributed by atoms with van der Waals surface area (Å²) in [5.41, 5.74) is 2.65. The predicted octanol–water partition coefficient (Wildman–Crippen LogP) is 1.39. The van der Waals surface area contributed by atoms with Gasteiger partial charge in [-0.25, -0.2) is 15.8 Å². The number of nitrogens with two attached hydrogens (primary N) is 1. The molecule has 1 unspecified atom stereocenters. The SMILES string of the molecule is CCc1nc(NN)cc(N2CCC(N3CCCCC3)C2)n1. The van der Waals surface area contributed by atoms with E-state index in [1.807, 2.05) is 6.07 Å². The van der Waals surface area contributed by atoms with Crippen molar-refractivity contribution in [1.82, 2.24) is 14.9 Å². The summed E-state index contributed by atoms with van der Waals surface area (Å²) >= 11 is 0. The summed E-state index contributed by atoms with van der Waals surface area (Å²) < 4.78 is 0. The fourth-order valence-corrected chi connectivity index (χ4v) is 3.41. The Morgan fingerprint density at radius 1 is 1.24 bits per heavy atom. The van der Waals surface area contributed by atoms with Crippen molar-refractivity contribution in [2.24, 2.45) is 5.84 Å². The number of nitrogens with zero attached hydrogens (tertiary/aromatic N) is 4. The largest absolute Gasteiger partial charge is 0.355 e. The molecule has 2 saturated heterocycles. The van der Waals surface area contributed by atoms with Gasteiger partial charge in [0, 0.05) is 31.6 Å². The topological polar surface area (TPSA) is 70.3 Å². The molecule has 0 aromatic carbocycles. The van der Waals surface area contributed by atoms with Crippen molar-refractivity contribution in [3.63, 3.8) is 0 Å². The molecule has 2 aliphatic heterocycles. The predicted molar refractivity (Wildman–Crippen MR) is 85.3 cm³/mol. The lowest BCUT2D eigenvalue weighted by Crippen LogP contribution is -2.41. The molecule has 0 amide bonds. The number of aromatic nitrogens is 2. The van der Waals surface area contributed by atoms with Gasteiger partial charge < -0.3 is 10.3 Å². The minimum absolute atomic E-state index is 0.680. The average Bonchev–Trinajstić information content (AvgIpc) is 3.05. The van der Waals surface area contributed by atoms with Crippen LogP contribution in [0.5, 0.6) is 0 Å². The molecule has 1 atom stereocenters. The van der Waals surface area contributed by atoms with Crippen LogP contribution in [0.25, 0.3) is 0 Å². The molecule has 0 saturated carbocycles. The molecule has 1 aromatic heterocycles. The van der Waals surface area contributed by atoms with Crippen molar-refractivity contribution < 1.29 is 0 Å². The van der Waals surface area contributed by atoms with Crippen molar-refractivity contribution in [2.45, 2.75) is 45.1 Å². The van der Waals surface area contributed by atoms with E-state index in [0.717, 1.165) is 31.2 Å². The highest BCUT2D eigenvalue weighted by Crippen LogP contribution is 2.25. The van der Waals surface area contributed by atoms with Crippen LogP contribution < -0.4 is 16.2 Å². The monoisotopic (exact) mass is 290 g/mol. The first-order valence-electron chi connectivity index (χ1n) is 8.13. The second-order valence-corrected chi connectivity index (χ2v) is 6.01. The number of hydrogen-bond donors (Lipinski definition) is 2. The first kappa shape index (κ1) is 14.5. The molecule has 6 heteroatoms. The molecule has 116 valence electrons. The molecule has 0 aliphatic carbocycles. The summed E-state index contributed by atoms with van der Waals surface area (Å²) in [7, 11) is 0. The second kappa shape index (κ2) is 6.58. The van der Waals surface area contributed by atoms with Gasteiger partial charge in [-0.2, -0.15) is 0 Å². The van der Waals surface area contributed by atoms with E-state index in [-0.39, 0.29) is 0 Å². The zero-order chi connectivity index (χ0) is 14.7. The third-order valence-electron chi connectivity index (χ3n) is 4.62. The molecule has 0 bridgehead atoms. The fraction of sp³-hybridized carbons (Fsp3) is 0.733. The Hall–Kier alpha value is -1.40. The number of nitrogen functional groups attached to an aromatic ring is 1. The lowest BCUT2D eigenvalue weighted by Gasteiger charge is -2.32. The van der Waals surface area contributed by atoms with Gasteiger partial charge in [-0.05, 0) is 32.4 Å². The van der Waals surface area contributed by atoms with Crippen LogP contribution in [-0.2, 0) is 6.42 Å². The molecular weight excluding hydrogens is 264 g/mol. The Balaban J connectivity index is 1.70. The Morgan fingerprint density at radius 3 is 2.76 bits per heavy atom. The molecule has 3 heterocycles. The first-order valence-corrected chi connectivity index (χ1v) is 8.13. The molecule has 21 heavy (non-hydrogen) atoms. The maximum absolute atomic E-state index is 5.52. The van der Waals surface area contributed by atoms with E-state index in [1.54, 1.807) is 0 Å². The van der Waals surface area contributed by atoms with E-state index < -0.39 is 0 Å². The summed E-state index contributed by atoms with van der Waals surface area (Å²) in [6.07, 6.45) is 6.16. The number of hydrazine groups is 1. The second-order valence-electron chi connectivity index (χ2n) is 6.01. The molecule has 2 aliphatic rings. The zero-order valence-electron chi connectivity index (χ0n) is 12.9. The summed E-state index contributed by atoms with van der Waals surface area (Å²) in [6, 6.07) is 2.64. The molecule has 3 rings (SSSR count). The number of hydrogen-bond acceptors (Lipinski definition) is 6. The Kier molecular flexibility index (Phi) is 4.55. The van der Waals surface area contributed by atoms with Gasteiger partial charge in [0.25, 0.3) is 0 Å². The molecule has 3 N–H and O–H groups in total. The first-order chi connectivity index (χ1) is 10.3. The van der Waals surface area contributed by atoms with Crippen LogP contribution in [0.2, 0.25) is 0 Å². The van der Waals surface area contributed by atoms with Gasteiger partial charge in [0.1, 0.15) is 17.5 Å². The van der Waals surface area contributed by atoms with Crippen LogP contribution in [0, 0.1) is 0 Å². The van der Waals surface area contributed by atoms with Crippen LogP contribution in [0.3, 0.4) is 0 Å². The van der Waals surface area contributed by atoms with Crippen LogP contribution >= 0.6 is 0 Å².